The topological polar surface area (TPSA) is 93.2 Å². The molecule has 0 aliphatic carbocycles. The van der Waals surface area contributed by atoms with Gasteiger partial charge in [0.15, 0.2) is 5.70 Å². The molecule has 3 rings (SSSR count). The standard InChI is InChI=1S/C14H18N4O4/c1-9-10(16-6-2-4-12(16)19)8-11(14(21)22)18(15-9)17-7-3-5-13(17)20/h8,15H,2-7H2,1H3,(H,21,22). The first-order valence-corrected chi connectivity index (χ1v) is 7.32. The van der Waals surface area contributed by atoms with Gasteiger partial charge in [0, 0.05) is 25.9 Å². The first kappa shape index (κ1) is 14.4. The Bertz CT molecular complexity index is 610. The van der Waals surface area contributed by atoms with Crippen molar-refractivity contribution in [2.75, 3.05) is 13.1 Å². The van der Waals surface area contributed by atoms with Gasteiger partial charge in [-0.25, -0.2) is 9.80 Å². The number of nitrogens with one attached hydrogen (secondary N) is 1. The van der Waals surface area contributed by atoms with Crippen LogP contribution in [0.2, 0.25) is 0 Å². The van der Waals surface area contributed by atoms with Crippen LogP contribution in [0.1, 0.15) is 32.6 Å². The van der Waals surface area contributed by atoms with Gasteiger partial charge in [-0.05, 0) is 25.8 Å². The maximum Gasteiger partial charge on any atom is 0.356 e. The van der Waals surface area contributed by atoms with Gasteiger partial charge in [0.25, 0.3) is 0 Å². The lowest BCUT2D eigenvalue weighted by Crippen LogP contribution is -2.53. The Balaban J connectivity index is 1.94. The Morgan fingerprint density at radius 2 is 1.86 bits per heavy atom. The van der Waals surface area contributed by atoms with E-state index in [1.165, 1.54) is 16.2 Å². The number of hydrogen-bond acceptors (Lipinski definition) is 5. The maximum atomic E-state index is 11.9. The molecule has 8 nitrogen and oxygen atoms in total. The molecule has 2 N–H and O–H groups in total. The molecule has 22 heavy (non-hydrogen) atoms. The van der Waals surface area contributed by atoms with E-state index in [1.54, 1.807) is 11.8 Å². The molecule has 2 fully saturated rings. The van der Waals surface area contributed by atoms with Crippen molar-refractivity contribution < 1.29 is 19.5 Å². The van der Waals surface area contributed by atoms with Gasteiger partial charge in [-0.1, -0.05) is 0 Å². The van der Waals surface area contributed by atoms with Crippen LogP contribution in [0.3, 0.4) is 0 Å². The zero-order valence-corrected chi connectivity index (χ0v) is 12.3. The molecule has 0 atom stereocenters. The highest BCUT2D eigenvalue weighted by Crippen LogP contribution is 2.27. The number of nitrogens with zero attached hydrogens (tertiary/aromatic N) is 3. The third kappa shape index (κ3) is 2.30. The highest BCUT2D eigenvalue weighted by molar-refractivity contribution is 5.89. The molecule has 0 aromatic carbocycles. The summed E-state index contributed by atoms with van der Waals surface area (Å²) in [7, 11) is 0. The van der Waals surface area contributed by atoms with Crippen LogP contribution in [0.25, 0.3) is 0 Å². The summed E-state index contributed by atoms with van der Waals surface area (Å²) in [5, 5.41) is 12.1. The molecule has 3 aliphatic rings. The van der Waals surface area contributed by atoms with Crippen LogP contribution in [-0.4, -0.2) is 51.0 Å². The zero-order chi connectivity index (χ0) is 15.9. The minimum atomic E-state index is -1.15. The van der Waals surface area contributed by atoms with Crippen molar-refractivity contribution in [1.29, 1.82) is 0 Å². The summed E-state index contributed by atoms with van der Waals surface area (Å²) in [4.78, 5) is 36.9. The van der Waals surface area contributed by atoms with Crippen molar-refractivity contribution in [1.82, 2.24) is 20.5 Å². The molecule has 3 aliphatic heterocycles. The van der Waals surface area contributed by atoms with E-state index in [2.05, 4.69) is 5.43 Å². The lowest BCUT2D eigenvalue weighted by atomic mass is 10.2. The maximum absolute atomic E-state index is 11.9. The summed E-state index contributed by atoms with van der Waals surface area (Å²) < 4.78 is 0. The predicted molar refractivity (Wildman–Crippen MR) is 75.3 cm³/mol. The van der Waals surface area contributed by atoms with Gasteiger partial charge in [0.1, 0.15) is 0 Å². The molecular weight excluding hydrogens is 288 g/mol. The van der Waals surface area contributed by atoms with Crippen LogP contribution in [-0.2, 0) is 14.4 Å². The fourth-order valence-electron chi connectivity index (χ4n) is 2.95. The van der Waals surface area contributed by atoms with E-state index in [4.69, 9.17) is 0 Å². The van der Waals surface area contributed by atoms with Crippen molar-refractivity contribution in [2.45, 2.75) is 32.6 Å². The number of hydrogen-bond donors (Lipinski definition) is 2. The highest BCUT2D eigenvalue weighted by atomic mass is 16.4. The van der Waals surface area contributed by atoms with E-state index in [0.29, 0.717) is 43.7 Å². The minimum Gasteiger partial charge on any atom is -0.476 e. The third-order valence-corrected chi connectivity index (χ3v) is 4.03. The normalized spacial score (nSPS) is 22.4. The third-order valence-electron chi connectivity index (χ3n) is 4.03. The van der Waals surface area contributed by atoms with Gasteiger partial charge in [-0.3, -0.25) is 15.0 Å². The molecule has 0 radical (unpaired) electrons. The average Bonchev–Trinajstić information content (AvgIpc) is 3.07. The minimum absolute atomic E-state index is 0.0113. The number of aliphatic carboxylic acids is 1. The second-order valence-corrected chi connectivity index (χ2v) is 5.54. The Kier molecular flexibility index (Phi) is 3.51. The van der Waals surface area contributed by atoms with E-state index >= 15 is 0 Å². The smallest absolute Gasteiger partial charge is 0.356 e. The van der Waals surface area contributed by atoms with Crippen LogP contribution >= 0.6 is 0 Å². The monoisotopic (exact) mass is 306 g/mol. The molecule has 118 valence electrons. The first-order chi connectivity index (χ1) is 10.5. The van der Waals surface area contributed by atoms with Gasteiger partial charge in [0.2, 0.25) is 11.8 Å². The zero-order valence-electron chi connectivity index (χ0n) is 12.3. The van der Waals surface area contributed by atoms with Gasteiger partial charge in [0.05, 0.1) is 11.4 Å². The molecule has 0 aromatic rings. The van der Waals surface area contributed by atoms with Crippen molar-refractivity contribution >= 4 is 17.8 Å². The lowest BCUT2D eigenvalue weighted by molar-refractivity contribution is -0.150. The quantitative estimate of drug-likeness (QED) is 0.772. The molecule has 2 saturated heterocycles. The van der Waals surface area contributed by atoms with Crippen molar-refractivity contribution in [3.63, 3.8) is 0 Å². The predicted octanol–water partition coefficient (Wildman–Crippen LogP) is 0.166. The second-order valence-electron chi connectivity index (χ2n) is 5.54. The van der Waals surface area contributed by atoms with E-state index in [1.807, 2.05) is 0 Å². The number of rotatable bonds is 3. The molecule has 0 spiro atoms. The molecule has 0 unspecified atom stereocenters. The molecule has 2 amide bonds. The number of likely N-dealkylation sites (tertiary alicyclic amines) is 1. The highest BCUT2D eigenvalue weighted by Gasteiger charge is 2.35. The summed E-state index contributed by atoms with van der Waals surface area (Å²) in [5.74, 6) is -1.28. The molecule has 8 heteroatoms. The van der Waals surface area contributed by atoms with Gasteiger partial charge in [-0.15, -0.1) is 0 Å². The largest absolute Gasteiger partial charge is 0.476 e. The number of carboxylic acids is 1. The van der Waals surface area contributed by atoms with Gasteiger partial charge >= 0.3 is 5.97 Å². The Morgan fingerprint density at radius 3 is 2.41 bits per heavy atom. The van der Waals surface area contributed by atoms with Crippen molar-refractivity contribution in [3.8, 4) is 0 Å². The van der Waals surface area contributed by atoms with Crippen LogP contribution in [0, 0.1) is 0 Å². The molecule has 0 bridgehead atoms. The molecule has 0 aromatic heterocycles. The van der Waals surface area contributed by atoms with E-state index in [0.717, 1.165) is 6.42 Å². The van der Waals surface area contributed by atoms with Crippen molar-refractivity contribution in [2.24, 2.45) is 0 Å². The summed E-state index contributed by atoms with van der Waals surface area (Å²) in [5.41, 5.74) is 4.09. The lowest BCUT2D eigenvalue weighted by Gasteiger charge is -2.38. The molecular formula is C14H18N4O4. The van der Waals surface area contributed by atoms with Crippen LogP contribution in [0.4, 0.5) is 0 Å². The number of carbonyl (C=O) groups excluding carboxylic acids is 2. The SMILES string of the molecule is CC1=C(N2CCCC2=O)C=C(C(=O)O)N(N2CCCC2=O)N1. The fourth-order valence-corrected chi connectivity index (χ4v) is 2.95. The fraction of sp³-hybridized carbons (Fsp3) is 0.500. The summed E-state index contributed by atoms with van der Waals surface area (Å²) in [6.07, 6.45) is 3.81. The summed E-state index contributed by atoms with van der Waals surface area (Å²) >= 11 is 0. The molecule has 3 heterocycles. The first-order valence-electron chi connectivity index (χ1n) is 7.32. The Labute approximate surface area is 127 Å². The molecule has 0 saturated carbocycles. The van der Waals surface area contributed by atoms with Crippen LogP contribution in [0.5, 0.6) is 0 Å². The van der Waals surface area contributed by atoms with E-state index in [-0.39, 0.29) is 17.5 Å². The Hall–Kier alpha value is -2.51. The van der Waals surface area contributed by atoms with Gasteiger partial charge in [-0.2, -0.15) is 5.12 Å². The number of allylic oxidation sites excluding steroid dienone is 2. The Morgan fingerprint density at radius 1 is 1.18 bits per heavy atom. The number of carbonyl (C=O) groups is 3. The number of hydrazine groups is 2. The summed E-state index contributed by atoms with van der Waals surface area (Å²) in [6.45, 7) is 2.82. The van der Waals surface area contributed by atoms with Crippen molar-refractivity contribution in [3.05, 3.63) is 23.2 Å². The van der Waals surface area contributed by atoms with E-state index in [9.17, 15) is 19.5 Å². The average molecular weight is 306 g/mol. The van der Waals surface area contributed by atoms with Crippen LogP contribution in [0.15, 0.2) is 23.2 Å². The summed E-state index contributed by atoms with van der Waals surface area (Å²) in [6, 6.07) is 0. The van der Waals surface area contributed by atoms with Gasteiger partial charge < -0.3 is 10.0 Å². The number of carboxylic acid groups (broad SMARTS) is 1. The van der Waals surface area contributed by atoms with Crippen LogP contribution < -0.4 is 5.43 Å². The number of amides is 2. The second kappa shape index (κ2) is 5.36. The van der Waals surface area contributed by atoms with E-state index < -0.39 is 5.97 Å².